The van der Waals surface area contributed by atoms with Gasteiger partial charge in [0.25, 0.3) is 0 Å². The molecule has 2 N–H and O–H groups in total. The van der Waals surface area contributed by atoms with Crippen LogP contribution < -0.4 is 0 Å². The molecule has 6 atom stereocenters. The normalized spacial score (nSPS) is 47.8. The second-order valence-electron chi connectivity index (χ2n) is 7.09. The Morgan fingerprint density at radius 3 is 1.50 bits per heavy atom. The van der Waals surface area contributed by atoms with Gasteiger partial charge in [0.15, 0.2) is 0 Å². The Hall–Kier alpha value is -0.0800. The topological polar surface area (TPSA) is 40.5 Å². The Kier molecular flexibility index (Phi) is 4.71. The van der Waals surface area contributed by atoms with Crippen molar-refractivity contribution in [3.05, 3.63) is 0 Å². The minimum Gasteiger partial charge on any atom is -0.393 e. The molecule has 0 spiro atoms. The lowest BCUT2D eigenvalue weighted by Crippen LogP contribution is -2.36. The van der Waals surface area contributed by atoms with E-state index in [1.165, 1.54) is 25.7 Å². The Labute approximate surface area is 112 Å². The van der Waals surface area contributed by atoms with E-state index >= 15 is 0 Å². The third-order valence-electron chi connectivity index (χ3n) is 5.82. The molecule has 0 aromatic heterocycles. The van der Waals surface area contributed by atoms with Crippen molar-refractivity contribution < 1.29 is 10.2 Å². The monoisotopic (exact) mass is 254 g/mol. The minimum absolute atomic E-state index is 0.0689. The lowest BCUT2D eigenvalue weighted by Gasteiger charge is -2.41. The molecular weight excluding hydrogens is 224 g/mol. The van der Waals surface area contributed by atoms with Gasteiger partial charge in [-0.25, -0.2) is 0 Å². The molecule has 0 heterocycles. The van der Waals surface area contributed by atoms with Crippen LogP contribution in [0.1, 0.15) is 59.3 Å². The summed E-state index contributed by atoms with van der Waals surface area (Å²) in [4.78, 5) is 0. The second-order valence-corrected chi connectivity index (χ2v) is 7.09. The van der Waals surface area contributed by atoms with Gasteiger partial charge in [-0.2, -0.15) is 0 Å². The van der Waals surface area contributed by atoms with Crippen LogP contribution in [0.5, 0.6) is 0 Å². The highest BCUT2D eigenvalue weighted by atomic mass is 16.3. The van der Waals surface area contributed by atoms with Crippen molar-refractivity contribution in [3.63, 3.8) is 0 Å². The van der Waals surface area contributed by atoms with Gasteiger partial charge in [0.2, 0.25) is 0 Å². The molecule has 0 aromatic carbocycles. The summed E-state index contributed by atoms with van der Waals surface area (Å²) in [6, 6.07) is 0. The number of aliphatic hydroxyl groups is 2. The average molecular weight is 254 g/mol. The fourth-order valence-electron chi connectivity index (χ4n) is 4.18. The largest absolute Gasteiger partial charge is 0.393 e. The van der Waals surface area contributed by atoms with E-state index in [-0.39, 0.29) is 12.2 Å². The molecular formula is C16H30O2. The van der Waals surface area contributed by atoms with Gasteiger partial charge in [-0.3, -0.25) is 0 Å². The van der Waals surface area contributed by atoms with E-state index in [0.29, 0.717) is 11.8 Å². The van der Waals surface area contributed by atoms with E-state index in [1.807, 2.05) is 0 Å². The molecule has 0 aliphatic heterocycles. The lowest BCUT2D eigenvalue weighted by atomic mass is 9.66. The smallest absolute Gasteiger partial charge is 0.0566 e. The quantitative estimate of drug-likeness (QED) is 0.794. The zero-order valence-electron chi connectivity index (χ0n) is 12.2. The van der Waals surface area contributed by atoms with Crippen LogP contribution in [0.15, 0.2) is 0 Å². The van der Waals surface area contributed by atoms with E-state index in [2.05, 4.69) is 20.8 Å². The first kappa shape index (κ1) is 14.3. The van der Waals surface area contributed by atoms with Crippen LogP contribution in [-0.2, 0) is 0 Å². The van der Waals surface area contributed by atoms with Crippen molar-refractivity contribution >= 4 is 0 Å². The van der Waals surface area contributed by atoms with E-state index in [1.54, 1.807) is 0 Å². The highest BCUT2D eigenvalue weighted by molar-refractivity contribution is 4.86. The van der Waals surface area contributed by atoms with E-state index in [9.17, 15) is 10.2 Å². The van der Waals surface area contributed by atoms with Crippen molar-refractivity contribution in [2.24, 2.45) is 29.6 Å². The molecule has 106 valence electrons. The minimum atomic E-state index is -0.0689. The maximum Gasteiger partial charge on any atom is 0.0566 e. The van der Waals surface area contributed by atoms with Crippen LogP contribution in [0.3, 0.4) is 0 Å². The van der Waals surface area contributed by atoms with E-state index in [0.717, 1.165) is 30.6 Å². The van der Waals surface area contributed by atoms with Crippen LogP contribution in [0.25, 0.3) is 0 Å². The van der Waals surface area contributed by atoms with Crippen molar-refractivity contribution in [1.29, 1.82) is 0 Å². The molecule has 2 saturated carbocycles. The highest BCUT2D eigenvalue weighted by Crippen LogP contribution is 2.42. The van der Waals surface area contributed by atoms with Crippen LogP contribution in [0, 0.1) is 29.6 Å². The predicted molar refractivity (Wildman–Crippen MR) is 74.2 cm³/mol. The Balaban J connectivity index is 1.89. The van der Waals surface area contributed by atoms with Crippen molar-refractivity contribution in [3.8, 4) is 0 Å². The second kappa shape index (κ2) is 5.92. The fraction of sp³-hybridized carbons (Fsp3) is 1.00. The van der Waals surface area contributed by atoms with Crippen LogP contribution >= 0.6 is 0 Å². The summed E-state index contributed by atoms with van der Waals surface area (Å²) in [5, 5.41) is 19.7. The summed E-state index contributed by atoms with van der Waals surface area (Å²) < 4.78 is 0. The van der Waals surface area contributed by atoms with Crippen molar-refractivity contribution in [1.82, 2.24) is 0 Å². The first-order valence-electron chi connectivity index (χ1n) is 7.85. The van der Waals surface area contributed by atoms with Gasteiger partial charge in [0.1, 0.15) is 0 Å². The number of hydrogen-bond donors (Lipinski definition) is 2. The molecule has 2 heteroatoms. The lowest BCUT2D eigenvalue weighted by molar-refractivity contribution is 0.00694. The zero-order chi connectivity index (χ0) is 13.3. The van der Waals surface area contributed by atoms with E-state index < -0.39 is 0 Å². The third-order valence-corrected chi connectivity index (χ3v) is 5.82. The van der Waals surface area contributed by atoms with Gasteiger partial charge < -0.3 is 10.2 Å². The summed E-state index contributed by atoms with van der Waals surface area (Å²) in [5.74, 6) is 3.28. The fourth-order valence-corrected chi connectivity index (χ4v) is 4.18. The summed E-state index contributed by atoms with van der Waals surface area (Å²) in [6.07, 6.45) is 6.61. The SMILES string of the molecule is CC1CC(C(C)C2CCC(O)C(C)C2)CCC1O. The summed E-state index contributed by atoms with van der Waals surface area (Å²) >= 11 is 0. The number of aliphatic hydroxyl groups excluding tert-OH is 2. The maximum atomic E-state index is 9.83. The van der Waals surface area contributed by atoms with Gasteiger partial charge in [-0.1, -0.05) is 20.8 Å². The third kappa shape index (κ3) is 3.08. The molecule has 2 nitrogen and oxygen atoms in total. The van der Waals surface area contributed by atoms with Crippen LogP contribution in [0.2, 0.25) is 0 Å². The molecule has 6 unspecified atom stereocenters. The first-order valence-corrected chi connectivity index (χ1v) is 7.85. The molecule has 18 heavy (non-hydrogen) atoms. The van der Waals surface area contributed by atoms with Crippen LogP contribution in [0.4, 0.5) is 0 Å². The van der Waals surface area contributed by atoms with Crippen molar-refractivity contribution in [2.75, 3.05) is 0 Å². The van der Waals surface area contributed by atoms with Gasteiger partial charge in [0.05, 0.1) is 12.2 Å². The molecule has 0 amide bonds. The molecule has 2 fully saturated rings. The summed E-state index contributed by atoms with van der Waals surface area (Å²) in [6.45, 7) is 6.79. The van der Waals surface area contributed by atoms with Gasteiger partial charge in [-0.05, 0) is 68.1 Å². The molecule has 2 rings (SSSR count). The van der Waals surface area contributed by atoms with E-state index in [4.69, 9.17) is 0 Å². The van der Waals surface area contributed by atoms with Gasteiger partial charge in [-0.15, -0.1) is 0 Å². The zero-order valence-corrected chi connectivity index (χ0v) is 12.2. The maximum absolute atomic E-state index is 9.83. The highest BCUT2D eigenvalue weighted by Gasteiger charge is 2.35. The number of rotatable bonds is 2. The summed E-state index contributed by atoms with van der Waals surface area (Å²) in [5.41, 5.74) is 0. The summed E-state index contributed by atoms with van der Waals surface area (Å²) in [7, 11) is 0. The van der Waals surface area contributed by atoms with Gasteiger partial charge in [0, 0.05) is 0 Å². The standard InChI is InChI=1S/C16H30O2/c1-10-8-13(4-6-15(10)17)12(3)14-5-7-16(18)11(2)9-14/h10-18H,4-9H2,1-3H3. The Morgan fingerprint density at radius 2 is 1.17 bits per heavy atom. The Morgan fingerprint density at radius 1 is 0.778 bits per heavy atom. The average Bonchev–Trinajstić information content (AvgIpc) is 2.35. The molecule has 2 aliphatic carbocycles. The van der Waals surface area contributed by atoms with Gasteiger partial charge >= 0.3 is 0 Å². The molecule has 0 radical (unpaired) electrons. The first-order chi connectivity index (χ1) is 8.49. The molecule has 2 aliphatic rings. The molecule has 0 aromatic rings. The predicted octanol–water partition coefficient (Wildman–Crippen LogP) is 3.22. The van der Waals surface area contributed by atoms with Crippen molar-refractivity contribution in [2.45, 2.75) is 71.5 Å². The Bertz CT molecular complexity index is 240. The van der Waals surface area contributed by atoms with Crippen LogP contribution in [-0.4, -0.2) is 22.4 Å². The molecule has 0 bridgehead atoms. The molecule has 0 saturated heterocycles. The number of hydrogen-bond acceptors (Lipinski definition) is 2.